The smallest absolute Gasteiger partial charge is 0.125 e. The highest BCUT2D eigenvalue weighted by Crippen LogP contribution is 2.33. The molecular formula is C16H24BrNO. The molecule has 19 heavy (non-hydrogen) atoms. The lowest BCUT2D eigenvalue weighted by atomic mass is 9.85. The van der Waals surface area contributed by atoms with Crippen molar-refractivity contribution in [3.8, 4) is 5.75 Å². The van der Waals surface area contributed by atoms with E-state index in [1.54, 1.807) is 0 Å². The lowest BCUT2D eigenvalue weighted by molar-refractivity contribution is 0.120. The zero-order chi connectivity index (χ0) is 13.8. The van der Waals surface area contributed by atoms with Gasteiger partial charge in [0.2, 0.25) is 0 Å². The van der Waals surface area contributed by atoms with Gasteiger partial charge in [0, 0.05) is 16.1 Å². The number of ether oxygens (including phenoxy) is 1. The normalized spacial score (nSPS) is 25.1. The van der Waals surface area contributed by atoms with Crippen molar-refractivity contribution in [1.82, 2.24) is 0 Å². The summed E-state index contributed by atoms with van der Waals surface area (Å²) in [4.78, 5) is 0. The molecule has 0 bridgehead atoms. The Hall–Kier alpha value is -0.540. The average molecular weight is 326 g/mol. The summed E-state index contributed by atoms with van der Waals surface area (Å²) in [5, 5.41) is 0. The molecule has 3 heteroatoms. The van der Waals surface area contributed by atoms with Crippen LogP contribution in [-0.2, 0) is 0 Å². The molecule has 0 amide bonds. The third kappa shape index (κ3) is 3.96. The fourth-order valence-electron chi connectivity index (χ4n) is 2.89. The predicted molar refractivity (Wildman–Crippen MR) is 83.4 cm³/mol. The van der Waals surface area contributed by atoms with Crippen LogP contribution in [0.3, 0.4) is 0 Å². The van der Waals surface area contributed by atoms with Gasteiger partial charge in [-0.25, -0.2) is 0 Å². The van der Waals surface area contributed by atoms with Crippen LogP contribution in [0.1, 0.15) is 57.6 Å². The molecule has 0 heterocycles. The summed E-state index contributed by atoms with van der Waals surface area (Å²) >= 11 is 3.51. The molecule has 1 aromatic carbocycles. The number of rotatable bonds is 4. The van der Waals surface area contributed by atoms with Crippen molar-refractivity contribution in [3.63, 3.8) is 0 Å². The Morgan fingerprint density at radius 3 is 2.89 bits per heavy atom. The fraction of sp³-hybridized carbons (Fsp3) is 0.625. The predicted octanol–water partition coefficient (Wildman–Crippen LogP) is 4.82. The molecular weight excluding hydrogens is 302 g/mol. The van der Waals surface area contributed by atoms with Gasteiger partial charge in [-0.05, 0) is 44.2 Å². The van der Waals surface area contributed by atoms with Gasteiger partial charge in [0.15, 0.2) is 0 Å². The molecule has 106 valence electrons. The van der Waals surface area contributed by atoms with Crippen molar-refractivity contribution >= 4 is 15.9 Å². The maximum absolute atomic E-state index is 6.25. The van der Waals surface area contributed by atoms with E-state index in [9.17, 15) is 0 Å². The molecule has 1 fully saturated rings. The van der Waals surface area contributed by atoms with E-state index in [1.165, 1.54) is 32.1 Å². The quantitative estimate of drug-likeness (QED) is 0.861. The monoisotopic (exact) mass is 325 g/mol. The van der Waals surface area contributed by atoms with Crippen LogP contribution in [0.2, 0.25) is 0 Å². The summed E-state index contributed by atoms with van der Waals surface area (Å²) < 4.78 is 7.30. The van der Waals surface area contributed by atoms with E-state index in [1.807, 2.05) is 19.1 Å². The van der Waals surface area contributed by atoms with Crippen LogP contribution in [0.25, 0.3) is 0 Å². The lowest BCUT2D eigenvalue weighted by Gasteiger charge is -2.30. The molecule has 2 N–H and O–H groups in total. The van der Waals surface area contributed by atoms with E-state index in [2.05, 4.69) is 28.9 Å². The molecule has 1 aliphatic rings. The van der Waals surface area contributed by atoms with Gasteiger partial charge < -0.3 is 10.5 Å². The first kappa shape index (κ1) is 14.9. The van der Waals surface area contributed by atoms with Gasteiger partial charge >= 0.3 is 0 Å². The highest BCUT2D eigenvalue weighted by atomic mass is 79.9. The Balaban J connectivity index is 2.11. The SMILES string of the molecule is CCC1CCCC(Oc2cc(Br)ccc2C(C)N)C1. The number of nitrogens with two attached hydrogens (primary N) is 1. The van der Waals surface area contributed by atoms with Crippen LogP contribution in [0.5, 0.6) is 5.75 Å². The van der Waals surface area contributed by atoms with Crippen molar-refractivity contribution in [2.24, 2.45) is 11.7 Å². The standard InChI is InChI=1S/C16H24BrNO/c1-3-12-5-4-6-14(9-12)19-16-10-13(17)7-8-15(16)11(2)18/h7-8,10-12,14H,3-6,9,18H2,1-2H3. The van der Waals surface area contributed by atoms with E-state index in [0.717, 1.165) is 21.7 Å². The molecule has 0 aromatic heterocycles. The van der Waals surface area contributed by atoms with Crippen molar-refractivity contribution < 1.29 is 4.74 Å². The molecule has 3 atom stereocenters. The molecule has 1 aliphatic carbocycles. The Kier molecular flexibility index (Phi) is 5.28. The van der Waals surface area contributed by atoms with E-state index in [4.69, 9.17) is 10.5 Å². The maximum atomic E-state index is 6.25. The van der Waals surface area contributed by atoms with Gasteiger partial charge in [-0.15, -0.1) is 0 Å². The fourth-order valence-corrected chi connectivity index (χ4v) is 3.23. The molecule has 1 aromatic rings. The summed E-state index contributed by atoms with van der Waals surface area (Å²) in [6.07, 6.45) is 6.60. The highest BCUT2D eigenvalue weighted by Gasteiger charge is 2.23. The van der Waals surface area contributed by atoms with Crippen LogP contribution in [0.15, 0.2) is 22.7 Å². The summed E-state index contributed by atoms with van der Waals surface area (Å²) in [5.41, 5.74) is 7.13. The van der Waals surface area contributed by atoms with Crippen LogP contribution in [0, 0.1) is 5.92 Å². The van der Waals surface area contributed by atoms with E-state index >= 15 is 0 Å². The van der Waals surface area contributed by atoms with E-state index in [0.29, 0.717) is 6.10 Å². The average Bonchev–Trinajstić information content (AvgIpc) is 2.38. The highest BCUT2D eigenvalue weighted by molar-refractivity contribution is 9.10. The van der Waals surface area contributed by atoms with E-state index in [-0.39, 0.29) is 6.04 Å². The number of hydrogen-bond donors (Lipinski definition) is 1. The minimum atomic E-state index is 0.00802. The maximum Gasteiger partial charge on any atom is 0.125 e. The second-order valence-electron chi connectivity index (χ2n) is 5.65. The van der Waals surface area contributed by atoms with Gasteiger partial charge in [0.05, 0.1) is 6.10 Å². The zero-order valence-electron chi connectivity index (χ0n) is 11.9. The molecule has 0 saturated heterocycles. The van der Waals surface area contributed by atoms with Gasteiger partial charge in [-0.3, -0.25) is 0 Å². The first-order valence-electron chi connectivity index (χ1n) is 7.31. The second-order valence-corrected chi connectivity index (χ2v) is 6.57. The summed E-state index contributed by atoms with van der Waals surface area (Å²) in [6.45, 7) is 4.28. The number of halogens is 1. The van der Waals surface area contributed by atoms with Crippen LogP contribution in [-0.4, -0.2) is 6.10 Å². The van der Waals surface area contributed by atoms with Gasteiger partial charge in [-0.2, -0.15) is 0 Å². The van der Waals surface area contributed by atoms with Crippen molar-refractivity contribution in [2.75, 3.05) is 0 Å². The van der Waals surface area contributed by atoms with Crippen LogP contribution < -0.4 is 10.5 Å². The second kappa shape index (κ2) is 6.76. The molecule has 2 nitrogen and oxygen atoms in total. The molecule has 2 rings (SSSR count). The third-order valence-corrected chi connectivity index (χ3v) is 4.57. The third-order valence-electron chi connectivity index (χ3n) is 4.07. The topological polar surface area (TPSA) is 35.2 Å². The van der Waals surface area contributed by atoms with Gasteiger partial charge in [0.1, 0.15) is 5.75 Å². The van der Waals surface area contributed by atoms with E-state index < -0.39 is 0 Å². The van der Waals surface area contributed by atoms with Gasteiger partial charge in [-0.1, -0.05) is 41.8 Å². The Bertz CT molecular complexity index is 419. The minimum absolute atomic E-state index is 0.00802. The zero-order valence-corrected chi connectivity index (χ0v) is 13.4. The minimum Gasteiger partial charge on any atom is -0.490 e. The first-order chi connectivity index (χ1) is 9.10. The summed E-state index contributed by atoms with van der Waals surface area (Å²) in [7, 11) is 0. The van der Waals surface area contributed by atoms with Crippen LogP contribution in [0.4, 0.5) is 0 Å². The number of benzene rings is 1. The molecule has 0 radical (unpaired) electrons. The van der Waals surface area contributed by atoms with Crippen molar-refractivity contribution in [2.45, 2.75) is 58.1 Å². The largest absolute Gasteiger partial charge is 0.490 e. The summed E-state index contributed by atoms with van der Waals surface area (Å²) in [6, 6.07) is 6.15. The molecule has 3 unspecified atom stereocenters. The van der Waals surface area contributed by atoms with Gasteiger partial charge in [0.25, 0.3) is 0 Å². The van der Waals surface area contributed by atoms with Crippen LogP contribution >= 0.6 is 15.9 Å². The molecule has 0 spiro atoms. The Morgan fingerprint density at radius 2 is 2.21 bits per heavy atom. The molecule has 1 saturated carbocycles. The van der Waals surface area contributed by atoms with Crippen molar-refractivity contribution in [3.05, 3.63) is 28.2 Å². The van der Waals surface area contributed by atoms with Crippen molar-refractivity contribution in [1.29, 1.82) is 0 Å². The Morgan fingerprint density at radius 1 is 1.42 bits per heavy atom. The lowest BCUT2D eigenvalue weighted by Crippen LogP contribution is -2.26. The first-order valence-corrected chi connectivity index (χ1v) is 8.11. The number of hydrogen-bond acceptors (Lipinski definition) is 2. The molecule has 0 aliphatic heterocycles. The summed E-state index contributed by atoms with van der Waals surface area (Å²) in [5.74, 6) is 1.77. The Labute approximate surface area is 124 Å².